The molecule has 0 spiro atoms. The van der Waals surface area contributed by atoms with Gasteiger partial charge in [-0.3, -0.25) is 0 Å². The molecule has 0 saturated carbocycles. The molecule has 1 unspecified atom stereocenters. The summed E-state index contributed by atoms with van der Waals surface area (Å²) in [4.78, 5) is 0. The monoisotopic (exact) mass is 280 g/mol. The fourth-order valence-electron chi connectivity index (χ4n) is 2.53. The van der Waals surface area contributed by atoms with Gasteiger partial charge >= 0.3 is 0 Å². The molecule has 20 heavy (non-hydrogen) atoms. The van der Waals surface area contributed by atoms with Crippen LogP contribution in [-0.4, -0.2) is 0 Å². The molecule has 0 aliphatic carbocycles. The Morgan fingerprint density at radius 3 is 2.50 bits per heavy atom. The quantitative estimate of drug-likeness (QED) is 0.385. The minimum absolute atomic E-state index is 0.375. The zero-order chi connectivity index (χ0) is 15.0. The largest absolute Gasteiger partial charge is 0.203 e. The Morgan fingerprint density at radius 2 is 1.85 bits per heavy atom. The minimum atomic E-state index is -0.697. The molecular formula is C18H26F2. The Kier molecular flexibility index (Phi) is 7.50. The third kappa shape index (κ3) is 5.07. The van der Waals surface area contributed by atoms with Crippen LogP contribution in [0.25, 0.3) is 0 Å². The summed E-state index contributed by atoms with van der Waals surface area (Å²) < 4.78 is 27.1. The molecule has 0 saturated heterocycles. The smallest absolute Gasteiger partial charge is 0.162 e. The van der Waals surface area contributed by atoms with Gasteiger partial charge in [-0.15, -0.1) is 6.58 Å². The molecule has 0 N–H and O–H groups in total. The Labute approximate surface area is 121 Å². The lowest BCUT2D eigenvalue weighted by molar-refractivity contribution is 0.482. The third-order valence-electron chi connectivity index (χ3n) is 3.87. The van der Waals surface area contributed by atoms with Crippen LogP contribution in [0.4, 0.5) is 8.78 Å². The lowest BCUT2D eigenvalue weighted by Crippen LogP contribution is -1.98. The van der Waals surface area contributed by atoms with Crippen molar-refractivity contribution in [3.63, 3.8) is 0 Å². The molecule has 0 nitrogen and oxygen atoms in total. The topological polar surface area (TPSA) is 0 Å². The second-order valence-electron chi connectivity index (χ2n) is 5.55. The Bertz CT molecular complexity index is 424. The van der Waals surface area contributed by atoms with E-state index < -0.39 is 11.6 Å². The lowest BCUT2D eigenvalue weighted by atomic mass is 9.96. The van der Waals surface area contributed by atoms with E-state index in [1.807, 2.05) is 6.08 Å². The van der Waals surface area contributed by atoms with Crippen LogP contribution in [-0.2, 0) is 6.42 Å². The number of hydrogen-bond donors (Lipinski definition) is 0. The maximum atomic E-state index is 13.7. The van der Waals surface area contributed by atoms with E-state index in [1.54, 1.807) is 19.1 Å². The van der Waals surface area contributed by atoms with Gasteiger partial charge in [0.05, 0.1) is 0 Å². The van der Waals surface area contributed by atoms with Gasteiger partial charge in [-0.25, -0.2) is 8.78 Å². The van der Waals surface area contributed by atoms with Crippen LogP contribution >= 0.6 is 0 Å². The zero-order valence-electron chi connectivity index (χ0n) is 12.7. The summed E-state index contributed by atoms with van der Waals surface area (Å²) in [6.45, 7) is 7.64. The van der Waals surface area contributed by atoms with E-state index in [4.69, 9.17) is 0 Å². The molecule has 0 heterocycles. The molecular weight excluding hydrogens is 254 g/mol. The fraction of sp³-hybridized carbons (Fsp3) is 0.556. The van der Waals surface area contributed by atoms with Crippen LogP contribution in [0.1, 0.15) is 56.6 Å². The van der Waals surface area contributed by atoms with E-state index in [2.05, 4.69) is 13.5 Å². The van der Waals surface area contributed by atoms with Crippen molar-refractivity contribution < 1.29 is 8.78 Å². The SMILES string of the molecule is C=CC(CCC)CCCCCc1ccc(C)c(F)c1F. The summed E-state index contributed by atoms with van der Waals surface area (Å²) in [5.74, 6) is -0.759. The normalized spacial score (nSPS) is 12.4. The lowest BCUT2D eigenvalue weighted by Gasteiger charge is -2.11. The predicted octanol–water partition coefficient (Wildman–Crippen LogP) is 5.98. The van der Waals surface area contributed by atoms with E-state index >= 15 is 0 Å². The summed E-state index contributed by atoms with van der Waals surface area (Å²) in [7, 11) is 0. The highest BCUT2D eigenvalue weighted by Gasteiger charge is 2.10. The molecule has 0 aliphatic rings. The molecule has 1 atom stereocenters. The number of allylic oxidation sites excluding steroid dienone is 1. The Balaban J connectivity index is 2.31. The number of aryl methyl sites for hydroxylation is 2. The van der Waals surface area contributed by atoms with E-state index in [1.165, 1.54) is 12.8 Å². The van der Waals surface area contributed by atoms with Crippen LogP contribution in [0.15, 0.2) is 24.8 Å². The van der Waals surface area contributed by atoms with E-state index in [9.17, 15) is 8.78 Å². The van der Waals surface area contributed by atoms with Crippen LogP contribution < -0.4 is 0 Å². The van der Waals surface area contributed by atoms with Crippen molar-refractivity contribution >= 4 is 0 Å². The molecule has 2 heteroatoms. The molecule has 1 aromatic carbocycles. The number of unbranched alkanes of at least 4 members (excludes halogenated alkanes) is 2. The van der Waals surface area contributed by atoms with Crippen LogP contribution in [0.2, 0.25) is 0 Å². The van der Waals surface area contributed by atoms with Crippen molar-refractivity contribution in [2.45, 2.75) is 58.8 Å². The second-order valence-corrected chi connectivity index (χ2v) is 5.55. The average Bonchev–Trinajstić information content (AvgIpc) is 2.45. The fourth-order valence-corrected chi connectivity index (χ4v) is 2.53. The van der Waals surface area contributed by atoms with Crippen LogP contribution in [0.3, 0.4) is 0 Å². The van der Waals surface area contributed by atoms with E-state index in [-0.39, 0.29) is 0 Å². The van der Waals surface area contributed by atoms with Crippen LogP contribution in [0.5, 0.6) is 0 Å². The van der Waals surface area contributed by atoms with Gasteiger partial charge in [0.25, 0.3) is 0 Å². The third-order valence-corrected chi connectivity index (χ3v) is 3.87. The van der Waals surface area contributed by atoms with Crippen molar-refractivity contribution in [1.82, 2.24) is 0 Å². The molecule has 0 amide bonds. The number of hydrogen-bond acceptors (Lipinski definition) is 0. The highest BCUT2D eigenvalue weighted by molar-refractivity contribution is 5.25. The van der Waals surface area contributed by atoms with Gasteiger partial charge in [-0.05, 0) is 49.7 Å². The first-order valence-corrected chi connectivity index (χ1v) is 7.66. The summed E-state index contributed by atoms with van der Waals surface area (Å²) in [6.07, 6.45) is 9.30. The van der Waals surface area contributed by atoms with E-state index in [0.29, 0.717) is 23.5 Å². The number of halogens is 2. The molecule has 112 valence electrons. The van der Waals surface area contributed by atoms with Gasteiger partial charge in [0, 0.05) is 0 Å². The molecule has 0 aliphatic heterocycles. The first kappa shape index (κ1) is 16.9. The molecule has 0 radical (unpaired) electrons. The Hall–Kier alpha value is -1.18. The zero-order valence-corrected chi connectivity index (χ0v) is 12.7. The van der Waals surface area contributed by atoms with Crippen molar-refractivity contribution in [2.75, 3.05) is 0 Å². The number of benzene rings is 1. The van der Waals surface area contributed by atoms with Crippen molar-refractivity contribution in [3.8, 4) is 0 Å². The van der Waals surface area contributed by atoms with Gasteiger partial charge in [-0.1, -0.05) is 44.4 Å². The molecule has 1 aromatic rings. The van der Waals surface area contributed by atoms with Crippen LogP contribution in [0, 0.1) is 24.5 Å². The average molecular weight is 280 g/mol. The maximum absolute atomic E-state index is 13.7. The van der Waals surface area contributed by atoms with Gasteiger partial charge in [-0.2, -0.15) is 0 Å². The maximum Gasteiger partial charge on any atom is 0.162 e. The predicted molar refractivity (Wildman–Crippen MR) is 81.9 cm³/mol. The molecule has 0 aromatic heterocycles. The first-order valence-electron chi connectivity index (χ1n) is 7.66. The highest BCUT2D eigenvalue weighted by Crippen LogP contribution is 2.20. The second kappa shape index (κ2) is 8.89. The van der Waals surface area contributed by atoms with Crippen molar-refractivity contribution in [2.24, 2.45) is 5.92 Å². The van der Waals surface area contributed by atoms with E-state index in [0.717, 1.165) is 25.7 Å². The Morgan fingerprint density at radius 1 is 1.10 bits per heavy atom. The minimum Gasteiger partial charge on any atom is -0.203 e. The summed E-state index contributed by atoms with van der Waals surface area (Å²) >= 11 is 0. The summed E-state index contributed by atoms with van der Waals surface area (Å²) in [5.41, 5.74) is 0.876. The molecule has 1 rings (SSSR count). The standard InChI is InChI=1S/C18H26F2/c1-4-9-15(5-2)10-7-6-8-11-16-13-12-14(3)17(19)18(16)20/h5,12-13,15H,2,4,6-11H2,1,3H3. The van der Waals surface area contributed by atoms with Gasteiger partial charge < -0.3 is 0 Å². The van der Waals surface area contributed by atoms with Gasteiger partial charge in [0.2, 0.25) is 0 Å². The first-order chi connectivity index (χ1) is 9.60. The number of rotatable bonds is 9. The molecule has 0 fully saturated rings. The van der Waals surface area contributed by atoms with Crippen molar-refractivity contribution in [1.29, 1.82) is 0 Å². The van der Waals surface area contributed by atoms with Gasteiger partial charge in [0.1, 0.15) is 0 Å². The summed E-state index contributed by atoms with van der Waals surface area (Å²) in [5, 5.41) is 0. The van der Waals surface area contributed by atoms with Crippen molar-refractivity contribution in [3.05, 3.63) is 47.5 Å². The molecule has 0 bridgehead atoms. The highest BCUT2D eigenvalue weighted by atomic mass is 19.2. The van der Waals surface area contributed by atoms with Gasteiger partial charge in [0.15, 0.2) is 11.6 Å². The summed E-state index contributed by atoms with van der Waals surface area (Å²) in [6, 6.07) is 3.36.